The Balaban J connectivity index is 0.899. The van der Waals surface area contributed by atoms with Crippen LogP contribution in [0.1, 0.15) is 56.6 Å². The molecule has 47 heavy (non-hydrogen) atoms. The third-order valence-corrected chi connectivity index (χ3v) is 13.9. The van der Waals surface area contributed by atoms with Crippen molar-refractivity contribution in [1.29, 1.82) is 0 Å². The number of piperidine rings is 1. The molecule has 0 N–H and O–H groups in total. The molecule has 0 bridgehead atoms. The van der Waals surface area contributed by atoms with Gasteiger partial charge < -0.3 is 9.80 Å². The van der Waals surface area contributed by atoms with Crippen LogP contribution in [0.3, 0.4) is 0 Å². The second-order valence-electron chi connectivity index (χ2n) is 14.5. The van der Waals surface area contributed by atoms with Crippen molar-refractivity contribution in [2.45, 2.75) is 67.2 Å². The van der Waals surface area contributed by atoms with Crippen molar-refractivity contribution in [3.8, 4) is 0 Å². The van der Waals surface area contributed by atoms with Crippen molar-refractivity contribution in [1.82, 2.24) is 19.8 Å². The van der Waals surface area contributed by atoms with Gasteiger partial charge in [0, 0.05) is 67.5 Å². The average Bonchev–Trinajstić information content (AvgIpc) is 3.65. The lowest BCUT2D eigenvalue weighted by Crippen LogP contribution is -2.57. The molecular formula is C39H47N5O2S. The van der Waals surface area contributed by atoms with Crippen LogP contribution in [0.25, 0.3) is 10.9 Å². The highest BCUT2D eigenvalue weighted by molar-refractivity contribution is 7.91. The van der Waals surface area contributed by atoms with Gasteiger partial charge in [0.15, 0.2) is 0 Å². The van der Waals surface area contributed by atoms with E-state index in [1.807, 2.05) is 12.1 Å². The number of benzene rings is 2. The zero-order valence-electron chi connectivity index (χ0n) is 27.6. The van der Waals surface area contributed by atoms with Gasteiger partial charge in [-0.15, -0.1) is 0 Å². The summed E-state index contributed by atoms with van der Waals surface area (Å²) in [5, 5.41) is 0.599. The van der Waals surface area contributed by atoms with Gasteiger partial charge in [0.1, 0.15) is 0 Å². The van der Waals surface area contributed by atoms with Crippen molar-refractivity contribution in [2.75, 3.05) is 50.7 Å². The van der Waals surface area contributed by atoms with E-state index in [2.05, 4.69) is 55.9 Å². The second kappa shape index (κ2) is 12.6. The fraction of sp³-hybridized carbons (Fsp3) is 0.487. The van der Waals surface area contributed by atoms with E-state index >= 15 is 0 Å². The molecule has 1 aliphatic carbocycles. The summed E-state index contributed by atoms with van der Waals surface area (Å²) in [7, 11) is -3.67. The van der Waals surface area contributed by atoms with Crippen LogP contribution in [0.4, 0.5) is 5.69 Å². The zero-order chi connectivity index (χ0) is 32.0. The molecular weight excluding hydrogens is 603 g/mol. The molecule has 8 rings (SSSR count). The van der Waals surface area contributed by atoms with Crippen LogP contribution in [-0.4, -0.2) is 74.0 Å². The quantitative estimate of drug-likeness (QED) is 0.214. The number of aromatic nitrogens is 2. The van der Waals surface area contributed by atoms with E-state index in [-0.39, 0.29) is 4.90 Å². The number of nitrogens with zero attached hydrogens (tertiary/aromatic N) is 5. The summed E-state index contributed by atoms with van der Waals surface area (Å²) in [4.78, 5) is 16.8. The Morgan fingerprint density at radius 1 is 0.851 bits per heavy atom. The standard InChI is InChI=1S/C39H47N5O2S/c1-2-42-27-30-7-3-6-10-36(30)39(28-42,31-8-4-5-9-31)32-17-21-43(22-18-32)24-29-25-44(26-29)33-11-13-34(14-12-33)47(45,46)38-16-20-41-37-23-40-19-15-35(37)38/h3,6-7,10-16,19-20,23,29,31-32H,2,4-5,8-9,17-18,21-22,24-28H2,1H3. The Hall–Kier alpha value is -3.33. The first-order chi connectivity index (χ1) is 23.0. The summed E-state index contributed by atoms with van der Waals surface area (Å²) in [6.45, 7) is 11.5. The minimum Gasteiger partial charge on any atom is -0.371 e. The lowest BCUT2D eigenvalue weighted by atomic mass is 9.57. The Kier molecular flexibility index (Phi) is 8.31. The van der Waals surface area contributed by atoms with Crippen LogP contribution in [0, 0.1) is 17.8 Å². The fourth-order valence-corrected chi connectivity index (χ4v) is 11.1. The third-order valence-electron chi connectivity index (χ3n) is 12.0. The van der Waals surface area contributed by atoms with Gasteiger partial charge in [-0.05, 0) is 105 Å². The monoisotopic (exact) mass is 649 g/mol. The van der Waals surface area contributed by atoms with Crippen molar-refractivity contribution in [3.05, 3.63) is 90.4 Å². The lowest BCUT2D eigenvalue weighted by Gasteiger charge is -2.54. The zero-order valence-corrected chi connectivity index (χ0v) is 28.4. The minimum absolute atomic E-state index is 0.273. The number of likely N-dealkylation sites (tertiary alicyclic amines) is 1. The fourth-order valence-electron chi connectivity index (χ4n) is 9.62. The number of pyridine rings is 2. The molecule has 0 amide bonds. The molecule has 1 unspecified atom stereocenters. The molecule has 4 aliphatic rings. The van der Waals surface area contributed by atoms with Crippen LogP contribution in [0.2, 0.25) is 0 Å². The first-order valence-corrected chi connectivity index (χ1v) is 19.3. The summed E-state index contributed by atoms with van der Waals surface area (Å²) in [5.41, 5.74) is 5.25. The summed E-state index contributed by atoms with van der Waals surface area (Å²) >= 11 is 0. The number of hydrogen-bond acceptors (Lipinski definition) is 7. The summed E-state index contributed by atoms with van der Waals surface area (Å²) in [6.07, 6.45) is 12.9. The lowest BCUT2D eigenvalue weighted by molar-refractivity contribution is 0.0359. The SMILES string of the molecule is CCN1Cc2ccccc2C(C2CCCC2)(C2CCN(CC3CN(c4ccc(S(=O)(=O)c5ccnc6cnccc56)cc4)C3)CC2)C1. The van der Waals surface area contributed by atoms with Gasteiger partial charge in [-0.1, -0.05) is 44.0 Å². The summed E-state index contributed by atoms with van der Waals surface area (Å²) in [6, 6.07) is 20.2. The predicted octanol–water partition coefficient (Wildman–Crippen LogP) is 6.57. The number of fused-ring (bicyclic) bond motifs is 2. The predicted molar refractivity (Wildman–Crippen MR) is 187 cm³/mol. The Bertz CT molecular complexity index is 1820. The summed E-state index contributed by atoms with van der Waals surface area (Å²) < 4.78 is 27.1. The van der Waals surface area contributed by atoms with Gasteiger partial charge >= 0.3 is 0 Å². The third kappa shape index (κ3) is 5.56. The van der Waals surface area contributed by atoms with Gasteiger partial charge in [0.25, 0.3) is 0 Å². The molecule has 0 radical (unpaired) electrons. The van der Waals surface area contributed by atoms with E-state index in [1.165, 1.54) is 64.4 Å². The van der Waals surface area contributed by atoms with E-state index in [4.69, 9.17) is 0 Å². The molecule has 2 aromatic carbocycles. The molecule has 8 heteroatoms. The van der Waals surface area contributed by atoms with Crippen molar-refractivity contribution >= 4 is 26.4 Å². The molecule has 1 atom stereocenters. The maximum absolute atomic E-state index is 13.5. The molecule has 3 fully saturated rings. The second-order valence-corrected chi connectivity index (χ2v) is 16.4. The Morgan fingerprint density at radius 2 is 1.60 bits per heavy atom. The van der Waals surface area contributed by atoms with Gasteiger partial charge in [0.05, 0.1) is 21.5 Å². The van der Waals surface area contributed by atoms with Crippen molar-refractivity contribution < 1.29 is 8.42 Å². The van der Waals surface area contributed by atoms with Crippen LogP contribution >= 0.6 is 0 Å². The molecule has 7 nitrogen and oxygen atoms in total. The van der Waals surface area contributed by atoms with E-state index in [9.17, 15) is 8.42 Å². The first-order valence-electron chi connectivity index (χ1n) is 17.8. The normalized spacial score (nSPS) is 23.6. The molecule has 1 saturated carbocycles. The maximum atomic E-state index is 13.5. The van der Waals surface area contributed by atoms with Crippen LogP contribution in [-0.2, 0) is 21.8 Å². The van der Waals surface area contributed by atoms with Gasteiger partial charge in [-0.3, -0.25) is 14.9 Å². The van der Waals surface area contributed by atoms with E-state index < -0.39 is 9.84 Å². The molecule has 0 spiro atoms. The Morgan fingerprint density at radius 3 is 2.36 bits per heavy atom. The summed E-state index contributed by atoms with van der Waals surface area (Å²) in [5.74, 6) is 2.23. The maximum Gasteiger partial charge on any atom is 0.207 e. The van der Waals surface area contributed by atoms with Crippen LogP contribution in [0.15, 0.2) is 89.0 Å². The minimum atomic E-state index is -3.67. The van der Waals surface area contributed by atoms with Gasteiger partial charge in [-0.25, -0.2) is 8.42 Å². The topological polar surface area (TPSA) is 69.6 Å². The number of likely N-dealkylation sites (N-methyl/N-ethyl adjacent to an activating group) is 1. The highest BCUT2D eigenvalue weighted by atomic mass is 32.2. The van der Waals surface area contributed by atoms with E-state index in [0.29, 0.717) is 27.1 Å². The molecule has 3 aliphatic heterocycles. The first kappa shape index (κ1) is 31.0. The highest BCUT2D eigenvalue weighted by Gasteiger charge is 2.51. The van der Waals surface area contributed by atoms with Crippen molar-refractivity contribution in [2.24, 2.45) is 17.8 Å². The van der Waals surface area contributed by atoms with E-state index in [0.717, 1.165) is 50.2 Å². The molecule has 2 aromatic heterocycles. The number of anilines is 1. The number of sulfone groups is 1. The van der Waals surface area contributed by atoms with Crippen LogP contribution < -0.4 is 4.90 Å². The molecule has 246 valence electrons. The largest absolute Gasteiger partial charge is 0.371 e. The highest BCUT2D eigenvalue weighted by Crippen LogP contribution is 2.53. The average molecular weight is 650 g/mol. The van der Waals surface area contributed by atoms with Crippen LogP contribution in [0.5, 0.6) is 0 Å². The van der Waals surface area contributed by atoms with E-state index in [1.54, 1.807) is 47.8 Å². The number of rotatable bonds is 8. The molecule has 2 saturated heterocycles. The van der Waals surface area contributed by atoms with Crippen molar-refractivity contribution in [3.63, 3.8) is 0 Å². The molecule has 5 heterocycles. The number of hydrogen-bond donors (Lipinski definition) is 0. The van der Waals surface area contributed by atoms with Gasteiger partial charge in [0.2, 0.25) is 9.84 Å². The Labute approximate surface area is 279 Å². The smallest absolute Gasteiger partial charge is 0.207 e. The molecule has 4 aromatic rings. The van der Waals surface area contributed by atoms with Gasteiger partial charge in [-0.2, -0.15) is 0 Å².